The van der Waals surface area contributed by atoms with Crippen LogP contribution in [-0.2, 0) is 23.7 Å². The van der Waals surface area contributed by atoms with Gasteiger partial charge in [0, 0.05) is 38.4 Å². The van der Waals surface area contributed by atoms with E-state index in [1.54, 1.807) is 6.92 Å². The number of rotatable bonds is 15. The summed E-state index contributed by atoms with van der Waals surface area (Å²) in [5.41, 5.74) is 0.419. The van der Waals surface area contributed by atoms with Crippen LogP contribution in [0.1, 0.15) is 39.5 Å². The minimum atomic E-state index is -0.348. The summed E-state index contributed by atoms with van der Waals surface area (Å²) in [7, 11) is 0. The molecule has 0 N–H and O–H groups in total. The highest BCUT2D eigenvalue weighted by molar-refractivity contribution is 5.86. The Morgan fingerprint density at radius 1 is 0.810 bits per heavy atom. The van der Waals surface area contributed by atoms with Gasteiger partial charge in [-0.1, -0.05) is 19.9 Å². The second-order valence-corrected chi connectivity index (χ2v) is 4.81. The first-order valence-corrected chi connectivity index (χ1v) is 7.74. The Labute approximate surface area is 128 Å². The highest BCUT2D eigenvalue weighted by atomic mass is 16.5. The summed E-state index contributed by atoms with van der Waals surface area (Å²) in [6.07, 6.45) is 3.89. The molecule has 0 rings (SSSR count). The average molecular weight is 302 g/mol. The normalized spacial score (nSPS) is 10.6. The highest BCUT2D eigenvalue weighted by Gasteiger charge is 2.01. The zero-order chi connectivity index (χ0) is 15.8. The molecular weight excluding hydrogens is 272 g/mol. The van der Waals surface area contributed by atoms with Crippen LogP contribution in [0.15, 0.2) is 12.2 Å². The predicted molar refractivity (Wildman–Crippen MR) is 82.4 cm³/mol. The number of hydrogen-bond acceptors (Lipinski definition) is 5. The molecule has 0 aliphatic rings. The van der Waals surface area contributed by atoms with E-state index < -0.39 is 0 Å². The molecule has 0 saturated heterocycles. The molecule has 0 aromatic carbocycles. The highest BCUT2D eigenvalue weighted by Crippen LogP contribution is 1.94. The quantitative estimate of drug-likeness (QED) is 0.264. The van der Waals surface area contributed by atoms with E-state index in [4.69, 9.17) is 18.9 Å². The minimum absolute atomic E-state index is 0.348. The van der Waals surface area contributed by atoms with Gasteiger partial charge >= 0.3 is 5.97 Å². The molecular formula is C16H30O5. The molecule has 0 saturated carbocycles. The van der Waals surface area contributed by atoms with Gasteiger partial charge in [-0.05, 0) is 19.8 Å². The van der Waals surface area contributed by atoms with Crippen LogP contribution in [0.3, 0.4) is 0 Å². The maximum atomic E-state index is 11.1. The summed E-state index contributed by atoms with van der Waals surface area (Å²) < 4.78 is 21.1. The molecule has 0 radical (unpaired) electrons. The van der Waals surface area contributed by atoms with Crippen molar-refractivity contribution >= 4 is 5.97 Å². The van der Waals surface area contributed by atoms with Gasteiger partial charge in [-0.25, -0.2) is 4.79 Å². The fourth-order valence-corrected chi connectivity index (χ4v) is 1.38. The Hall–Kier alpha value is -0.910. The van der Waals surface area contributed by atoms with E-state index >= 15 is 0 Å². The van der Waals surface area contributed by atoms with Gasteiger partial charge in [0.25, 0.3) is 0 Å². The van der Waals surface area contributed by atoms with Crippen LogP contribution in [-0.4, -0.2) is 52.2 Å². The average Bonchev–Trinajstić information content (AvgIpc) is 2.47. The molecule has 0 amide bonds. The molecule has 124 valence electrons. The van der Waals surface area contributed by atoms with E-state index in [1.165, 1.54) is 6.42 Å². The molecule has 0 aromatic heterocycles. The lowest BCUT2D eigenvalue weighted by atomic mass is 10.4. The van der Waals surface area contributed by atoms with E-state index in [0.29, 0.717) is 45.0 Å². The first-order chi connectivity index (χ1) is 10.2. The first kappa shape index (κ1) is 20.1. The molecule has 0 aliphatic carbocycles. The summed E-state index contributed by atoms with van der Waals surface area (Å²) in [6.45, 7) is 11.7. The standard InChI is InChI=1S/C16H30O5/c1-4-5-8-18-9-6-10-19-13-14-20-11-7-12-21-16(17)15(2)3/h2,4-14H2,1,3H3. The number of carbonyl (C=O) groups excluding carboxylic acids is 1. The molecule has 0 bridgehead atoms. The van der Waals surface area contributed by atoms with Gasteiger partial charge in [0.15, 0.2) is 0 Å². The predicted octanol–water partition coefficient (Wildman–Crippen LogP) is 2.74. The SMILES string of the molecule is C=C(C)C(=O)OCCCOCCOCCCOCCCC. The van der Waals surface area contributed by atoms with Crippen LogP contribution in [0.2, 0.25) is 0 Å². The third kappa shape index (κ3) is 15.3. The van der Waals surface area contributed by atoms with Crippen molar-refractivity contribution in [2.75, 3.05) is 46.2 Å². The van der Waals surface area contributed by atoms with Crippen molar-refractivity contribution in [3.05, 3.63) is 12.2 Å². The number of hydrogen-bond donors (Lipinski definition) is 0. The lowest BCUT2D eigenvalue weighted by molar-refractivity contribution is -0.139. The van der Waals surface area contributed by atoms with Crippen molar-refractivity contribution < 1.29 is 23.7 Å². The first-order valence-electron chi connectivity index (χ1n) is 7.74. The fraction of sp³-hybridized carbons (Fsp3) is 0.812. The van der Waals surface area contributed by atoms with Gasteiger partial charge in [0.1, 0.15) is 0 Å². The number of esters is 1. The van der Waals surface area contributed by atoms with Crippen LogP contribution in [0.5, 0.6) is 0 Å². The zero-order valence-electron chi connectivity index (χ0n) is 13.5. The van der Waals surface area contributed by atoms with Gasteiger partial charge in [-0.3, -0.25) is 0 Å². The molecule has 5 heteroatoms. The number of unbranched alkanes of at least 4 members (excludes halogenated alkanes) is 1. The summed E-state index contributed by atoms with van der Waals surface area (Å²) >= 11 is 0. The fourth-order valence-electron chi connectivity index (χ4n) is 1.38. The summed E-state index contributed by atoms with van der Waals surface area (Å²) in [6, 6.07) is 0. The largest absolute Gasteiger partial charge is 0.462 e. The van der Waals surface area contributed by atoms with Crippen molar-refractivity contribution in [1.29, 1.82) is 0 Å². The number of ether oxygens (including phenoxy) is 4. The summed E-state index contributed by atoms with van der Waals surface area (Å²) in [5, 5.41) is 0. The van der Waals surface area contributed by atoms with E-state index in [-0.39, 0.29) is 5.97 Å². The van der Waals surface area contributed by atoms with Gasteiger partial charge in [-0.15, -0.1) is 0 Å². The Kier molecular flexibility index (Phi) is 14.8. The van der Waals surface area contributed by atoms with Gasteiger partial charge in [0.05, 0.1) is 19.8 Å². The Morgan fingerprint density at radius 3 is 1.81 bits per heavy atom. The van der Waals surface area contributed by atoms with Crippen LogP contribution < -0.4 is 0 Å². The molecule has 21 heavy (non-hydrogen) atoms. The van der Waals surface area contributed by atoms with E-state index in [9.17, 15) is 4.79 Å². The number of carbonyl (C=O) groups is 1. The second-order valence-electron chi connectivity index (χ2n) is 4.81. The van der Waals surface area contributed by atoms with Crippen molar-refractivity contribution in [3.8, 4) is 0 Å². The van der Waals surface area contributed by atoms with Crippen molar-refractivity contribution in [1.82, 2.24) is 0 Å². The maximum absolute atomic E-state index is 11.1. The van der Waals surface area contributed by atoms with E-state index in [1.807, 2.05) is 0 Å². The van der Waals surface area contributed by atoms with Crippen LogP contribution in [0.25, 0.3) is 0 Å². The van der Waals surface area contributed by atoms with E-state index in [0.717, 1.165) is 26.1 Å². The lowest BCUT2D eigenvalue weighted by Gasteiger charge is -2.07. The molecule has 5 nitrogen and oxygen atoms in total. The van der Waals surface area contributed by atoms with E-state index in [2.05, 4.69) is 13.5 Å². The van der Waals surface area contributed by atoms with Crippen molar-refractivity contribution in [3.63, 3.8) is 0 Å². The van der Waals surface area contributed by atoms with Gasteiger partial charge < -0.3 is 18.9 Å². The van der Waals surface area contributed by atoms with Gasteiger partial charge in [-0.2, -0.15) is 0 Å². The Bertz CT molecular complexity index is 265. The topological polar surface area (TPSA) is 54.0 Å². The minimum Gasteiger partial charge on any atom is -0.462 e. The molecule has 0 atom stereocenters. The Morgan fingerprint density at radius 2 is 1.29 bits per heavy atom. The third-order valence-corrected chi connectivity index (χ3v) is 2.61. The monoisotopic (exact) mass is 302 g/mol. The third-order valence-electron chi connectivity index (χ3n) is 2.61. The van der Waals surface area contributed by atoms with Crippen molar-refractivity contribution in [2.24, 2.45) is 0 Å². The molecule has 0 heterocycles. The van der Waals surface area contributed by atoms with Crippen LogP contribution in [0, 0.1) is 0 Å². The van der Waals surface area contributed by atoms with Crippen LogP contribution in [0.4, 0.5) is 0 Å². The molecule has 0 unspecified atom stereocenters. The van der Waals surface area contributed by atoms with Crippen molar-refractivity contribution in [2.45, 2.75) is 39.5 Å². The van der Waals surface area contributed by atoms with Crippen LogP contribution >= 0.6 is 0 Å². The van der Waals surface area contributed by atoms with Gasteiger partial charge in [0.2, 0.25) is 0 Å². The summed E-state index contributed by atoms with van der Waals surface area (Å²) in [4.78, 5) is 11.1. The Balaban J connectivity index is 3.06. The maximum Gasteiger partial charge on any atom is 0.333 e. The molecule has 0 spiro atoms. The zero-order valence-corrected chi connectivity index (χ0v) is 13.5. The second kappa shape index (κ2) is 15.5. The molecule has 0 aliphatic heterocycles. The lowest BCUT2D eigenvalue weighted by Crippen LogP contribution is -2.11. The molecule has 0 aromatic rings. The smallest absolute Gasteiger partial charge is 0.333 e. The summed E-state index contributed by atoms with van der Waals surface area (Å²) in [5.74, 6) is -0.348. The molecule has 0 fully saturated rings.